The predicted molar refractivity (Wildman–Crippen MR) is 99.1 cm³/mol. The second kappa shape index (κ2) is 7.40. The average Bonchev–Trinajstić information content (AvgIpc) is 2.64. The van der Waals surface area contributed by atoms with Crippen LogP contribution in [-0.2, 0) is 4.74 Å². The van der Waals surface area contributed by atoms with Crippen molar-refractivity contribution >= 4 is 28.5 Å². The van der Waals surface area contributed by atoms with Gasteiger partial charge < -0.3 is 10.1 Å². The maximum atomic E-state index is 6.10. The van der Waals surface area contributed by atoms with Crippen LogP contribution < -0.4 is 5.32 Å². The van der Waals surface area contributed by atoms with Crippen LogP contribution in [0.2, 0.25) is 5.28 Å². The fraction of sp³-hybridized carbons (Fsp3) is 0.611. The highest BCUT2D eigenvalue weighted by atomic mass is 35.5. The molecule has 3 heterocycles. The van der Waals surface area contributed by atoms with Crippen LogP contribution in [-0.4, -0.2) is 58.2 Å². The highest BCUT2D eigenvalue weighted by molar-refractivity contribution is 6.28. The zero-order valence-corrected chi connectivity index (χ0v) is 15.3. The minimum atomic E-state index is 0.266. The van der Waals surface area contributed by atoms with Crippen molar-refractivity contribution in [3.05, 3.63) is 23.1 Å². The lowest BCUT2D eigenvalue weighted by molar-refractivity contribution is 0.00791. The second-order valence-electron chi connectivity index (χ2n) is 6.96. The summed E-state index contributed by atoms with van der Waals surface area (Å²) >= 11 is 6.10. The number of hydrogen-bond acceptors (Lipinski definition) is 6. The first-order chi connectivity index (χ1) is 12.2. The normalized spacial score (nSPS) is 25.2. The molecule has 2 aromatic rings. The van der Waals surface area contributed by atoms with Gasteiger partial charge in [0, 0.05) is 30.9 Å². The number of rotatable bonds is 3. The molecule has 6 nitrogen and oxygen atoms in total. The van der Waals surface area contributed by atoms with E-state index in [0.29, 0.717) is 12.1 Å². The summed E-state index contributed by atoms with van der Waals surface area (Å²) < 4.78 is 5.46. The molecule has 1 saturated heterocycles. The Morgan fingerprint density at radius 3 is 2.60 bits per heavy atom. The van der Waals surface area contributed by atoms with Gasteiger partial charge in [-0.1, -0.05) is 0 Å². The van der Waals surface area contributed by atoms with E-state index in [0.717, 1.165) is 61.7 Å². The monoisotopic (exact) mass is 361 g/mol. The molecule has 4 rings (SSSR count). The molecular weight excluding hydrogens is 338 g/mol. The van der Waals surface area contributed by atoms with Crippen molar-refractivity contribution in [2.45, 2.75) is 44.7 Å². The van der Waals surface area contributed by atoms with Crippen LogP contribution in [0, 0.1) is 6.92 Å². The van der Waals surface area contributed by atoms with Crippen molar-refractivity contribution < 1.29 is 4.74 Å². The molecule has 2 aromatic heterocycles. The molecule has 134 valence electrons. The number of morpholine rings is 1. The zero-order valence-electron chi connectivity index (χ0n) is 14.5. The van der Waals surface area contributed by atoms with Gasteiger partial charge in [-0.15, -0.1) is 0 Å². The second-order valence-corrected chi connectivity index (χ2v) is 7.30. The first kappa shape index (κ1) is 16.9. The van der Waals surface area contributed by atoms with Crippen LogP contribution in [0.25, 0.3) is 11.0 Å². The number of ether oxygens (including phenoxy) is 1. The van der Waals surface area contributed by atoms with Crippen LogP contribution >= 0.6 is 11.6 Å². The molecule has 1 aliphatic heterocycles. The Labute approximate surface area is 153 Å². The molecule has 7 heteroatoms. The van der Waals surface area contributed by atoms with E-state index in [1.54, 1.807) is 0 Å². The van der Waals surface area contributed by atoms with Crippen molar-refractivity contribution in [1.82, 2.24) is 19.9 Å². The molecule has 1 aliphatic carbocycles. The van der Waals surface area contributed by atoms with E-state index < -0.39 is 0 Å². The van der Waals surface area contributed by atoms with Crippen molar-refractivity contribution in [2.75, 3.05) is 31.6 Å². The van der Waals surface area contributed by atoms with Gasteiger partial charge in [0.25, 0.3) is 0 Å². The molecular formula is C18H24ClN5O. The number of halogens is 1. The fourth-order valence-electron chi connectivity index (χ4n) is 3.91. The topological polar surface area (TPSA) is 63.2 Å². The van der Waals surface area contributed by atoms with E-state index in [-0.39, 0.29) is 5.28 Å². The third kappa shape index (κ3) is 3.86. The van der Waals surface area contributed by atoms with Crippen molar-refractivity contribution in [3.63, 3.8) is 0 Å². The smallest absolute Gasteiger partial charge is 0.225 e. The molecule has 2 aliphatic rings. The molecule has 1 saturated carbocycles. The third-order valence-corrected chi connectivity index (χ3v) is 5.42. The Morgan fingerprint density at radius 1 is 1.08 bits per heavy atom. The van der Waals surface area contributed by atoms with E-state index in [4.69, 9.17) is 16.3 Å². The summed E-state index contributed by atoms with van der Waals surface area (Å²) in [6.45, 7) is 5.85. The average molecular weight is 362 g/mol. The molecule has 0 amide bonds. The van der Waals surface area contributed by atoms with Gasteiger partial charge >= 0.3 is 0 Å². The zero-order chi connectivity index (χ0) is 17.2. The van der Waals surface area contributed by atoms with Gasteiger partial charge in [0.1, 0.15) is 5.52 Å². The molecule has 0 aromatic carbocycles. The third-order valence-electron chi connectivity index (χ3n) is 5.25. The first-order valence-corrected chi connectivity index (χ1v) is 9.46. The number of fused-ring (bicyclic) bond motifs is 1. The molecule has 2 fully saturated rings. The van der Waals surface area contributed by atoms with Gasteiger partial charge in [-0.05, 0) is 56.3 Å². The first-order valence-electron chi connectivity index (χ1n) is 9.08. The molecule has 0 spiro atoms. The van der Waals surface area contributed by atoms with E-state index in [9.17, 15) is 0 Å². The number of aryl methyl sites for hydroxylation is 1. The molecule has 0 unspecified atom stereocenters. The van der Waals surface area contributed by atoms with Crippen LogP contribution in [0.4, 0.5) is 5.82 Å². The molecule has 0 bridgehead atoms. The van der Waals surface area contributed by atoms with E-state index in [1.807, 2.05) is 19.1 Å². The Morgan fingerprint density at radius 2 is 1.84 bits per heavy atom. The highest BCUT2D eigenvalue weighted by Crippen LogP contribution is 2.28. The number of nitrogens with zero attached hydrogens (tertiary/aromatic N) is 4. The molecule has 25 heavy (non-hydrogen) atoms. The van der Waals surface area contributed by atoms with Crippen LogP contribution in [0.1, 0.15) is 31.4 Å². The minimum absolute atomic E-state index is 0.266. The number of pyridine rings is 1. The van der Waals surface area contributed by atoms with E-state index >= 15 is 0 Å². The van der Waals surface area contributed by atoms with Gasteiger partial charge in [0.15, 0.2) is 5.82 Å². The molecule has 0 atom stereocenters. The van der Waals surface area contributed by atoms with Gasteiger partial charge in [0.2, 0.25) is 5.28 Å². The Bertz CT molecular complexity index is 742. The quantitative estimate of drug-likeness (QED) is 0.848. The number of nitrogens with one attached hydrogen (secondary N) is 1. The van der Waals surface area contributed by atoms with Gasteiger partial charge in [-0.25, -0.2) is 9.97 Å². The van der Waals surface area contributed by atoms with Crippen LogP contribution in [0.3, 0.4) is 0 Å². The maximum Gasteiger partial charge on any atom is 0.225 e. The standard InChI is InChI=1S/C18H24ClN5O/c1-12-2-7-15-16(20-12)17(23-18(19)22-15)21-13-3-5-14(6-4-13)24-8-10-25-11-9-24/h2,7,13-14H,3-6,8-11H2,1H3,(H,21,22,23). The maximum absolute atomic E-state index is 6.10. The lowest BCUT2D eigenvalue weighted by Gasteiger charge is -2.39. The van der Waals surface area contributed by atoms with Gasteiger partial charge in [-0.3, -0.25) is 4.90 Å². The molecule has 1 N–H and O–H groups in total. The lowest BCUT2D eigenvalue weighted by Crippen LogP contribution is -2.46. The summed E-state index contributed by atoms with van der Waals surface area (Å²) in [6.07, 6.45) is 4.69. The molecule has 0 radical (unpaired) electrons. The predicted octanol–water partition coefficient (Wildman–Crippen LogP) is 3.04. The van der Waals surface area contributed by atoms with E-state index in [1.165, 1.54) is 12.8 Å². The summed E-state index contributed by atoms with van der Waals surface area (Å²) in [5.41, 5.74) is 2.55. The number of anilines is 1. The fourth-order valence-corrected chi connectivity index (χ4v) is 4.08. The largest absolute Gasteiger partial charge is 0.379 e. The van der Waals surface area contributed by atoms with Crippen molar-refractivity contribution in [2.24, 2.45) is 0 Å². The van der Waals surface area contributed by atoms with Crippen LogP contribution in [0.15, 0.2) is 12.1 Å². The highest BCUT2D eigenvalue weighted by Gasteiger charge is 2.27. The van der Waals surface area contributed by atoms with Crippen molar-refractivity contribution in [3.8, 4) is 0 Å². The summed E-state index contributed by atoms with van der Waals surface area (Å²) in [5, 5.41) is 3.84. The SMILES string of the molecule is Cc1ccc2nc(Cl)nc(NC3CCC(N4CCOCC4)CC3)c2n1. The Kier molecular flexibility index (Phi) is 5.01. The van der Waals surface area contributed by atoms with Gasteiger partial charge in [-0.2, -0.15) is 4.98 Å². The summed E-state index contributed by atoms with van der Waals surface area (Å²) in [6, 6.07) is 5.00. The van der Waals surface area contributed by atoms with Crippen LogP contribution in [0.5, 0.6) is 0 Å². The summed E-state index contributed by atoms with van der Waals surface area (Å²) in [7, 11) is 0. The van der Waals surface area contributed by atoms with E-state index in [2.05, 4.69) is 25.2 Å². The van der Waals surface area contributed by atoms with Crippen molar-refractivity contribution in [1.29, 1.82) is 0 Å². The minimum Gasteiger partial charge on any atom is -0.379 e. The lowest BCUT2D eigenvalue weighted by atomic mass is 9.90. The summed E-state index contributed by atoms with van der Waals surface area (Å²) in [5.74, 6) is 0.758. The summed E-state index contributed by atoms with van der Waals surface area (Å²) in [4.78, 5) is 15.9. The number of hydrogen-bond donors (Lipinski definition) is 1. The van der Waals surface area contributed by atoms with Gasteiger partial charge in [0.05, 0.1) is 18.7 Å². The Balaban J connectivity index is 1.45. The number of aromatic nitrogens is 3. The Hall–Kier alpha value is -1.50.